The number of thioether (sulfide) groups is 1. The molecule has 0 aliphatic heterocycles. The summed E-state index contributed by atoms with van der Waals surface area (Å²) in [5, 5.41) is 57.3. The Hall–Kier alpha value is -5.29. The highest BCUT2D eigenvalue weighted by Crippen LogP contribution is 2.20. The molecule has 1 aromatic carbocycles. The fraction of sp³-hybridized carbons (Fsp3) is 0.579. The summed E-state index contributed by atoms with van der Waals surface area (Å²) in [6, 6.07) is -2.75. The standard InChI is InChI=1S/C38H59N9O12S/c1-17(2)29(36(57)41-16-27(51)52)45-32(53)18(3)42-37(58)30(20(5)49)46-33(54)25(12-13-60-7)43-34(55)26(14-22-15-40-24-11-9-8-10-23(22)24)44-38(59)31(21(6)50)47-35(56)28(39)19(4)48/h8-11,15,17-21,25-26,28-31,40,48-50H,12-14,16,39H2,1-7H3,(H,41,57)(H,42,58)(H,43,55)(H,44,59)(H,45,53)(H,46,54)(H,47,56)(H,51,52)/t18-,19+,20+,21+,25-,26-,28-,29-,30-,31-/m0/s1. The number of carbonyl (C=O) groups is 8. The molecule has 14 N–H and O–H groups in total. The molecule has 0 fully saturated rings. The van der Waals surface area contributed by atoms with E-state index in [9.17, 15) is 53.7 Å². The number of aliphatic hydroxyl groups is 3. The number of hydrogen-bond donors (Lipinski definition) is 13. The fourth-order valence-electron chi connectivity index (χ4n) is 5.76. The Morgan fingerprint density at radius 3 is 1.75 bits per heavy atom. The Balaban J connectivity index is 2.34. The van der Waals surface area contributed by atoms with Crippen molar-refractivity contribution in [2.24, 2.45) is 11.7 Å². The van der Waals surface area contributed by atoms with E-state index in [0.29, 0.717) is 11.3 Å². The van der Waals surface area contributed by atoms with Gasteiger partial charge in [0.15, 0.2) is 0 Å². The molecule has 21 nitrogen and oxygen atoms in total. The maximum absolute atomic E-state index is 14.1. The second-order valence-electron chi connectivity index (χ2n) is 14.8. The van der Waals surface area contributed by atoms with Gasteiger partial charge in [0, 0.05) is 23.5 Å². The number of aromatic nitrogens is 1. The average Bonchev–Trinajstić information content (AvgIpc) is 3.59. The normalized spacial score (nSPS) is 16.3. The Morgan fingerprint density at radius 2 is 1.20 bits per heavy atom. The summed E-state index contributed by atoms with van der Waals surface area (Å²) in [4.78, 5) is 107. The van der Waals surface area contributed by atoms with Gasteiger partial charge in [0.1, 0.15) is 48.8 Å². The van der Waals surface area contributed by atoms with E-state index in [0.717, 1.165) is 10.9 Å². The molecule has 0 spiro atoms. The summed E-state index contributed by atoms with van der Waals surface area (Å²) < 4.78 is 0. The number of hydrogen-bond acceptors (Lipinski definition) is 13. The molecule has 10 atom stereocenters. The monoisotopic (exact) mass is 865 g/mol. The highest BCUT2D eigenvalue weighted by molar-refractivity contribution is 7.98. The van der Waals surface area contributed by atoms with E-state index >= 15 is 0 Å². The van der Waals surface area contributed by atoms with Gasteiger partial charge >= 0.3 is 5.97 Å². The van der Waals surface area contributed by atoms with E-state index in [1.807, 2.05) is 0 Å². The highest BCUT2D eigenvalue weighted by Gasteiger charge is 2.36. The minimum absolute atomic E-state index is 0.0174. The molecule has 2 rings (SSSR count). The summed E-state index contributed by atoms with van der Waals surface area (Å²) in [5.74, 6) is -7.68. The van der Waals surface area contributed by atoms with Crippen LogP contribution in [-0.4, -0.2) is 152 Å². The first-order valence-corrected chi connectivity index (χ1v) is 20.6. The third-order valence-electron chi connectivity index (χ3n) is 9.34. The molecule has 60 heavy (non-hydrogen) atoms. The first-order valence-electron chi connectivity index (χ1n) is 19.2. The Morgan fingerprint density at radius 1 is 0.667 bits per heavy atom. The number of H-pyrrole nitrogens is 1. The number of nitrogens with two attached hydrogens (primary N) is 1. The predicted octanol–water partition coefficient (Wildman–Crippen LogP) is -3.28. The molecular weight excluding hydrogens is 807 g/mol. The molecule has 0 saturated carbocycles. The van der Waals surface area contributed by atoms with Crippen LogP contribution in [0.3, 0.4) is 0 Å². The molecule has 0 unspecified atom stereocenters. The number of aliphatic carboxylic acids is 1. The van der Waals surface area contributed by atoms with Gasteiger partial charge in [-0.15, -0.1) is 0 Å². The first kappa shape index (κ1) is 50.9. The van der Waals surface area contributed by atoms with Gasteiger partial charge in [-0.2, -0.15) is 11.8 Å². The van der Waals surface area contributed by atoms with Crippen molar-refractivity contribution in [1.82, 2.24) is 42.2 Å². The van der Waals surface area contributed by atoms with Gasteiger partial charge < -0.3 is 68.4 Å². The van der Waals surface area contributed by atoms with Crippen LogP contribution in [0.25, 0.3) is 10.9 Å². The maximum Gasteiger partial charge on any atom is 0.322 e. The largest absolute Gasteiger partial charge is 0.480 e. The Kier molecular flexibility index (Phi) is 20.4. The molecule has 1 aromatic heterocycles. The van der Waals surface area contributed by atoms with Crippen LogP contribution in [0.4, 0.5) is 0 Å². The van der Waals surface area contributed by atoms with Gasteiger partial charge in [-0.1, -0.05) is 32.0 Å². The van der Waals surface area contributed by atoms with Crippen LogP contribution >= 0.6 is 11.8 Å². The maximum atomic E-state index is 14.1. The molecule has 2 aromatic rings. The number of benzene rings is 1. The van der Waals surface area contributed by atoms with Gasteiger partial charge in [0.2, 0.25) is 41.4 Å². The molecule has 0 radical (unpaired) electrons. The van der Waals surface area contributed by atoms with Crippen molar-refractivity contribution >= 4 is 70.0 Å². The third kappa shape index (κ3) is 15.4. The zero-order valence-electron chi connectivity index (χ0n) is 34.6. The highest BCUT2D eigenvalue weighted by atomic mass is 32.2. The average molecular weight is 866 g/mol. The third-order valence-corrected chi connectivity index (χ3v) is 9.98. The van der Waals surface area contributed by atoms with Crippen molar-refractivity contribution in [3.8, 4) is 0 Å². The van der Waals surface area contributed by atoms with E-state index in [-0.39, 0.29) is 12.8 Å². The predicted molar refractivity (Wildman–Crippen MR) is 221 cm³/mol. The minimum atomic E-state index is -1.65. The fourth-order valence-corrected chi connectivity index (χ4v) is 6.23. The Labute approximate surface area is 351 Å². The lowest BCUT2D eigenvalue weighted by molar-refractivity contribution is -0.139. The summed E-state index contributed by atoms with van der Waals surface area (Å²) in [7, 11) is 0. The number of rotatable bonds is 24. The Bertz CT molecular complexity index is 1820. The molecule has 7 amide bonds. The minimum Gasteiger partial charge on any atom is -0.480 e. The van der Waals surface area contributed by atoms with Crippen LogP contribution in [0.1, 0.15) is 53.5 Å². The van der Waals surface area contributed by atoms with Crippen LogP contribution in [0, 0.1) is 5.92 Å². The summed E-state index contributed by atoms with van der Waals surface area (Å²) >= 11 is 1.34. The molecule has 0 aliphatic rings. The van der Waals surface area contributed by atoms with E-state index in [1.165, 1.54) is 39.5 Å². The number of fused-ring (bicyclic) bond motifs is 1. The van der Waals surface area contributed by atoms with E-state index in [1.54, 1.807) is 50.6 Å². The first-order chi connectivity index (χ1) is 28.1. The lowest BCUT2D eigenvalue weighted by atomic mass is 10.0. The van der Waals surface area contributed by atoms with Crippen molar-refractivity contribution in [1.29, 1.82) is 0 Å². The number of aromatic amines is 1. The SMILES string of the molecule is CSCC[C@H](NC(=O)[C@H](Cc1c[nH]c2ccccc12)NC(=O)[C@@H](NC(=O)[C@@H](N)[C@@H](C)O)[C@@H](C)O)C(=O)N[C@H](C(=O)N[C@@H](C)C(=O)N[C@H](C(=O)NCC(=O)O)C(C)C)[C@@H](C)O. The topological polar surface area (TPSA) is 343 Å². The summed E-state index contributed by atoms with van der Waals surface area (Å²) in [6.07, 6.45) is -1.02. The molecule has 22 heteroatoms. The second kappa shape index (κ2) is 24.1. The number of aliphatic hydroxyl groups excluding tert-OH is 3. The molecule has 0 aliphatic carbocycles. The number of carboxylic acid groups (broad SMARTS) is 1. The number of nitrogens with one attached hydrogen (secondary N) is 8. The molecular formula is C38H59N9O12S. The van der Waals surface area contributed by atoms with E-state index in [2.05, 4.69) is 42.2 Å². The molecule has 334 valence electrons. The van der Waals surface area contributed by atoms with Crippen LogP contribution in [0.2, 0.25) is 0 Å². The van der Waals surface area contributed by atoms with Gasteiger partial charge in [-0.25, -0.2) is 0 Å². The van der Waals surface area contributed by atoms with Gasteiger partial charge in [0.05, 0.1) is 18.3 Å². The number of para-hydroxylation sites is 1. The van der Waals surface area contributed by atoms with E-state index < -0.39 is 120 Å². The second-order valence-corrected chi connectivity index (χ2v) is 15.7. The summed E-state index contributed by atoms with van der Waals surface area (Å²) in [5.41, 5.74) is 7.04. The number of amides is 7. The zero-order chi connectivity index (χ0) is 45.4. The van der Waals surface area contributed by atoms with Gasteiger partial charge in [-0.3, -0.25) is 38.4 Å². The van der Waals surface area contributed by atoms with Crippen molar-refractivity contribution in [3.05, 3.63) is 36.0 Å². The van der Waals surface area contributed by atoms with Crippen LogP contribution in [-0.2, 0) is 44.8 Å². The van der Waals surface area contributed by atoms with Crippen molar-refractivity contribution in [2.45, 2.75) is 115 Å². The van der Waals surface area contributed by atoms with E-state index in [4.69, 9.17) is 10.8 Å². The smallest absolute Gasteiger partial charge is 0.322 e. The van der Waals surface area contributed by atoms with Crippen LogP contribution < -0.4 is 43.0 Å². The zero-order valence-corrected chi connectivity index (χ0v) is 35.4. The van der Waals surface area contributed by atoms with Crippen molar-refractivity contribution in [3.63, 3.8) is 0 Å². The molecule has 0 bridgehead atoms. The number of carboxylic acids is 1. The lowest BCUT2D eigenvalue weighted by Crippen LogP contribution is -2.62. The molecule has 0 saturated heterocycles. The lowest BCUT2D eigenvalue weighted by Gasteiger charge is -2.28. The molecule has 1 heterocycles. The quantitative estimate of drug-likeness (QED) is 0.0493. The summed E-state index contributed by atoms with van der Waals surface area (Å²) in [6.45, 7) is 7.54. The van der Waals surface area contributed by atoms with Crippen molar-refractivity contribution in [2.75, 3.05) is 18.6 Å². The number of carbonyl (C=O) groups excluding carboxylic acids is 7. The van der Waals surface area contributed by atoms with Crippen LogP contribution in [0.15, 0.2) is 30.5 Å². The van der Waals surface area contributed by atoms with Gasteiger partial charge in [-0.05, 0) is 63.7 Å². The van der Waals surface area contributed by atoms with Crippen molar-refractivity contribution < 1.29 is 58.8 Å². The van der Waals surface area contributed by atoms with Crippen LogP contribution in [0.5, 0.6) is 0 Å². The van der Waals surface area contributed by atoms with Gasteiger partial charge in [0.25, 0.3) is 0 Å².